The molecule has 1 fully saturated rings. The van der Waals surface area contributed by atoms with E-state index in [1.54, 1.807) is 0 Å². The quantitative estimate of drug-likeness (QED) is 0.851. The second-order valence-corrected chi connectivity index (χ2v) is 5.55. The molecule has 1 amide bonds. The zero-order valence-electron chi connectivity index (χ0n) is 12.8. The molecule has 2 N–H and O–H groups in total. The van der Waals surface area contributed by atoms with Gasteiger partial charge in [0.15, 0.2) is 17.8 Å². The van der Waals surface area contributed by atoms with E-state index in [-0.39, 0.29) is 18.6 Å². The SMILES string of the molecule is O=C(NCCc1ccc(CO)cc1)c1ncoc1C1CCCO1. The van der Waals surface area contributed by atoms with Crippen LogP contribution in [0, 0.1) is 0 Å². The Hall–Kier alpha value is -2.18. The van der Waals surface area contributed by atoms with Gasteiger partial charge in [0.2, 0.25) is 0 Å². The van der Waals surface area contributed by atoms with Crippen LogP contribution in [-0.4, -0.2) is 29.1 Å². The molecule has 1 unspecified atom stereocenters. The minimum Gasteiger partial charge on any atom is -0.445 e. The maximum Gasteiger partial charge on any atom is 0.273 e. The van der Waals surface area contributed by atoms with Crippen molar-refractivity contribution in [2.75, 3.05) is 13.2 Å². The van der Waals surface area contributed by atoms with E-state index in [2.05, 4.69) is 10.3 Å². The minimum atomic E-state index is -0.240. The van der Waals surface area contributed by atoms with Crippen molar-refractivity contribution in [3.8, 4) is 0 Å². The van der Waals surface area contributed by atoms with E-state index < -0.39 is 0 Å². The van der Waals surface area contributed by atoms with Gasteiger partial charge in [-0.15, -0.1) is 0 Å². The Labute approximate surface area is 134 Å². The minimum absolute atomic E-state index is 0.0369. The molecule has 1 saturated heterocycles. The predicted molar refractivity (Wildman–Crippen MR) is 82.8 cm³/mol. The van der Waals surface area contributed by atoms with E-state index in [9.17, 15) is 4.79 Å². The lowest BCUT2D eigenvalue weighted by molar-refractivity contribution is 0.0862. The van der Waals surface area contributed by atoms with Crippen molar-refractivity contribution < 1.29 is 19.1 Å². The molecule has 0 aliphatic carbocycles. The van der Waals surface area contributed by atoms with Crippen LogP contribution in [0.25, 0.3) is 0 Å². The summed E-state index contributed by atoms with van der Waals surface area (Å²) < 4.78 is 10.9. The molecule has 1 aliphatic heterocycles. The number of aliphatic hydroxyl groups is 1. The monoisotopic (exact) mass is 316 g/mol. The maximum absolute atomic E-state index is 12.3. The van der Waals surface area contributed by atoms with Crippen LogP contribution in [0.15, 0.2) is 35.1 Å². The number of amides is 1. The van der Waals surface area contributed by atoms with Crippen molar-refractivity contribution in [1.29, 1.82) is 0 Å². The highest BCUT2D eigenvalue weighted by molar-refractivity contribution is 5.93. The van der Waals surface area contributed by atoms with Gasteiger partial charge in [-0.1, -0.05) is 24.3 Å². The Morgan fingerprint density at radius 2 is 2.09 bits per heavy atom. The average Bonchev–Trinajstić information content (AvgIpc) is 3.26. The zero-order valence-corrected chi connectivity index (χ0v) is 12.8. The summed E-state index contributed by atoms with van der Waals surface area (Å²) in [7, 11) is 0. The topological polar surface area (TPSA) is 84.6 Å². The van der Waals surface area contributed by atoms with Gasteiger partial charge in [-0.3, -0.25) is 4.79 Å². The van der Waals surface area contributed by atoms with E-state index in [0.29, 0.717) is 31.0 Å². The zero-order chi connectivity index (χ0) is 16.1. The molecule has 6 nitrogen and oxygen atoms in total. The van der Waals surface area contributed by atoms with Crippen LogP contribution in [0.2, 0.25) is 0 Å². The van der Waals surface area contributed by atoms with E-state index in [0.717, 1.165) is 24.0 Å². The van der Waals surface area contributed by atoms with Crippen LogP contribution in [0.1, 0.15) is 46.3 Å². The number of carbonyl (C=O) groups excluding carboxylic acids is 1. The first-order chi connectivity index (χ1) is 11.3. The molecular formula is C17H20N2O4. The van der Waals surface area contributed by atoms with Gasteiger partial charge in [-0.25, -0.2) is 4.98 Å². The molecule has 23 heavy (non-hydrogen) atoms. The van der Waals surface area contributed by atoms with Crippen LogP contribution < -0.4 is 5.32 Å². The van der Waals surface area contributed by atoms with Crippen molar-refractivity contribution in [2.24, 2.45) is 0 Å². The fourth-order valence-electron chi connectivity index (χ4n) is 2.65. The lowest BCUT2D eigenvalue weighted by Gasteiger charge is -2.08. The number of rotatable bonds is 6. The number of nitrogens with zero attached hydrogens (tertiary/aromatic N) is 1. The van der Waals surface area contributed by atoms with Crippen LogP contribution in [-0.2, 0) is 17.8 Å². The number of aromatic nitrogens is 1. The highest BCUT2D eigenvalue weighted by Gasteiger charge is 2.27. The van der Waals surface area contributed by atoms with Crippen molar-refractivity contribution >= 4 is 5.91 Å². The summed E-state index contributed by atoms with van der Waals surface area (Å²) in [6, 6.07) is 7.66. The van der Waals surface area contributed by atoms with E-state index in [1.807, 2.05) is 24.3 Å². The lowest BCUT2D eigenvalue weighted by Crippen LogP contribution is -2.27. The Morgan fingerprint density at radius 3 is 2.78 bits per heavy atom. The molecular weight excluding hydrogens is 296 g/mol. The fraction of sp³-hybridized carbons (Fsp3) is 0.412. The summed E-state index contributed by atoms with van der Waals surface area (Å²) >= 11 is 0. The first kappa shape index (κ1) is 15.7. The van der Waals surface area contributed by atoms with Crippen LogP contribution >= 0.6 is 0 Å². The largest absolute Gasteiger partial charge is 0.445 e. The normalized spacial score (nSPS) is 17.3. The summed E-state index contributed by atoms with van der Waals surface area (Å²) in [5.41, 5.74) is 2.29. The number of aliphatic hydroxyl groups excluding tert-OH is 1. The van der Waals surface area contributed by atoms with Gasteiger partial charge in [0, 0.05) is 13.2 Å². The molecule has 0 radical (unpaired) electrons. The summed E-state index contributed by atoms with van der Waals surface area (Å²) in [5, 5.41) is 11.9. The second-order valence-electron chi connectivity index (χ2n) is 5.55. The van der Waals surface area contributed by atoms with Gasteiger partial charge in [0.05, 0.1) is 6.61 Å². The average molecular weight is 316 g/mol. The summed E-state index contributed by atoms with van der Waals surface area (Å²) in [5.74, 6) is 0.281. The Kier molecular flexibility index (Phi) is 5.05. The van der Waals surface area contributed by atoms with E-state index >= 15 is 0 Å². The molecule has 0 spiro atoms. The molecule has 3 rings (SSSR count). The van der Waals surface area contributed by atoms with E-state index in [1.165, 1.54) is 6.39 Å². The highest BCUT2D eigenvalue weighted by atomic mass is 16.5. The standard InChI is InChI=1S/C17H20N2O4/c20-10-13-5-3-12(4-6-13)7-8-18-17(21)15-16(23-11-19-15)14-2-1-9-22-14/h3-6,11,14,20H,1-2,7-10H2,(H,18,21). The summed E-state index contributed by atoms with van der Waals surface area (Å²) in [4.78, 5) is 16.3. The molecule has 0 bridgehead atoms. The smallest absolute Gasteiger partial charge is 0.273 e. The van der Waals surface area contributed by atoms with Crippen LogP contribution in [0.3, 0.4) is 0 Å². The Balaban J connectivity index is 1.54. The number of oxazole rings is 1. The molecule has 1 aliphatic rings. The highest BCUT2D eigenvalue weighted by Crippen LogP contribution is 2.30. The third-order valence-electron chi connectivity index (χ3n) is 3.94. The molecule has 1 atom stereocenters. The van der Waals surface area contributed by atoms with Crippen LogP contribution in [0.5, 0.6) is 0 Å². The number of hydrogen-bond donors (Lipinski definition) is 2. The van der Waals surface area contributed by atoms with Gasteiger partial charge < -0.3 is 19.6 Å². The first-order valence-electron chi connectivity index (χ1n) is 7.80. The first-order valence-corrected chi connectivity index (χ1v) is 7.80. The van der Waals surface area contributed by atoms with Gasteiger partial charge in [-0.05, 0) is 30.4 Å². The van der Waals surface area contributed by atoms with Crippen molar-refractivity contribution in [3.63, 3.8) is 0 Å². The second kappa shape index (κ2) is 7.39. The molecule has 1 aromatic carbocycles. The molecule has 0 saturated carbocycles. The number of ether oxygens (including phenoxy) is 1. The van der Waals surface area contributed by atoms with E-state index in [4.69, 9.17) is 14.3 Å². The number of nitrogens with one attached hydrogen (secondary N) is 1. The Bertz CT molecular complexity index is 645. The predicted octanol–water partition coefficient (Wildman–Crippen LogP) is 1.99. The van der Waals surface area contributed by atoms with Gasteiger partial charge in [0.1, 0.15) is 6.10 Å². The van der Waals surface area contributed by atoms with Crippen molar-refractivity contribution in [3.05, 3.63) is 53.2 Å². The van der Waals surface area contributed by atoms with Crippen molar-refractivity contribution in [2.45, 2.75) is 32.0 Å². The number of carbonyl (C=O) groups is 1. The summed E-state index contributed by atoms with van der Waals surface area (Å²) in [6.07, 6.45) is 3.66. The molecule has 6 heteroatoms. The Morgan fingerprint density at radius 1 is 1.30 bits per heavy atom. The maximum atomic E-state index is 12.3. The van der Waals surface area contributed by atoms with Gasteiger partial charge >= 0.3 is 0 Å². The number of benzene rings is 1. The third-order valence-corrected chi connectivity index (χ3v) is 3.94. The van der Waals surface area contributed by atoms with Crippen molar-refractivity contribution in [1.82, 2.24) is 10.3 Å². The van der Waals surface area contributed by atoms with Crippen LogP contribution in [0.4, 0.5) is 0 Å². The van der Waals surface area contributed by atoms with Gasteiger partial charge in [-0.2, -0.15) is 0 Å². The molecule has 2 aromatic rings. The number of hydrogen-bond acceptors (Lipinski definition) is 5. The molecule has 1 aromatic heterocycles. The van der Waals surface area contributed by atoms with Gasteiger partial charge in [0.25, 0.3) is 5.91 Å². The summed E-state index contributed by atoms with van der Waals surface area (Å²) in [6.45, 7) is 1.24. The molecule has 122 valence electrons. The molecule has 2 heterocycles. The lowest BCUT2D eigenvalue weighted by atomic mass is 10.1. The fourth-order valence-corrected chi connectivity index (χ4v) is 2.65. The third kappa shape index (κ3) is 3.78.